The van der Waals surface area contributed by atoms with Crippen molar-refractivity contribution >= 4 is 29.1 Å². The van der Waals surface area contributed by atoms with Crippen LogP contribution in [-0.2, 0) is 0 Å². The first kappa shape index (κ1) is 10.9. The van der Waals surface area contributed by atoms with Gasteiger partial charge in [-0.15, -0.1) is 0 Å². The number of carbonyl (C=O) groups is 1. The Balaban J connectivity index is 2.66. The summed E-state index contributed by atoms with van der Waals surface area (Å²) in [5, 5.41) is 10.2. The van der Waals surface area contributed by atoms with Crippen LogP contribution in [-0.4, -0.2) is 20.9 Å². The molecule has 0 aliphatic rings. The average molecular weight is 229 g/mol. The topological polar surface area (TPSA) is 126 Å². The molecule has 0 atom stereocenters. The zero-order chi connectivity index (χ0) is 11.4. The first-order valence-electron chi connectivity index (χ1n) is 3.70. The van der Waals surface area contributed by atoms with E-state index in [0.717, 1.165) is 0 Å². The molecule has 0 aliphatic heterocycles. The largest absolute Gasteiger partial charge is 0.375 e. The van der Waals surface area contributed by atoms with E-state index in [1.54, 1.807) is 0 Å². The molecule has 0 bridgehead atoms. The van der Waals surface area contributed by atoms with E-state index in [1.807, 2.05) is 0 Å². The monoisotopic (exact) mass is 229 g/mol. The summed E-state index contributed by atoms with van der Waals surface area (Å²) < 4.78 is 0. The third-order valence-corrected chi connectivity index (χ3v) is 1.51. The molecule has 0 aliphatic carbocycles. The van der Waals surface area contributed by atoms with Crippen molar-refractivity contribution < 1.29 is 9.72 Å². The standard InChI is InChI=1S/C6H7N5O3S/c7-6(15)10-9-5(12)3-1-2-4(8-3)11(13)14/h1-2,8H,(H,9,12)(H3,7,10,15). The van der Waals surface area contributed by atoms with E-state index in [4.69, 9.17) is 5.73 Å². The number of hydrogen-bond acceptors (Lipinski definition) is 4. The van der Waals surface area contributed by atoms with E-state index in [2.05, 4.69) is 28.1 Å². The Labute approximate surface area is 89.0 Å². The summed E-state index contributed by atoms with van der Waals surface area (Å²) in [5.41, 5.74) is 9.44. The van der Waals surface area contributed by atoms with Gasteiger partial charge in [0.05, 0.1) is 0 Å². The van der Waals surface area contributed by atoms with Gasteiger partial charge in [0.15, 0.2) is 10.8 Å². The molecule has 0 aromatic carbocycles. The number of nitro groups is 1. The van der Waals surface area contributed by atoms with E-state index in [9.17, 15) is 14.9 Å². The molecule has 80 valence electrons. The van der Waals surface area contributed by atoms with Gasteiger partial charge in [-0.25, -0.2) is 4.98 Å². The van der Waals surface area contributed by atoms with Crippen molar-refractivity contribution in [3.05, 3.63) is 27.9 Å². The van der Waals surface area contributed by atoms with Crippen LogP contribution in [0.1, 0.15) is 10.5 Å². The molecule has 5 N–H and O–H groups in total. The zero-order valence-corrected chi connectivity index (χ0v) is 8.13. The van der Waals surface area contributed by atoms with Gasteiger partial charge in [0.2, 0.25) is 0 Å². The van der Waals surface area contributed by atoms with Gasteiger partial charge >= 0.3 is 11.7 Å². The Bertz CT molecular complexity index is 415. The molecule has 0 saturated heterocycles. The molecule has 0 radical (unpaired) electrons. The molecule has 8 nitrogen and oxygen atoms in total. The summed E-state index contributed by atoms with van der Waals surface area (Å²) in [7, 11) is 0. The minimum Gasteiger partial charge on any atom is -0.375 e. The molecule has 0 fully saturated rings. The van der Waals surface area contributed by atoms with Crippen LogP contribution in [0.5, 0.6) is 0 Å². The van der Waals surface area contributed by atoms with Crippen molar-refractivity contribution in [2.45, 2.75) is 0 Å². The minimum absolute atomic E-state index is 0.0328. The Morgan fingerprint density at radius 1 is 1.53 bits per heavy atom. The van der Waals surface area contributed by atoms with Crippen LogP contribution in [0.15, 0.2) is 12.1 Å². The fraction of sp³-hybridized carbons (Fsp3) is 0. The first-order valence-corrected chi connectivity index (χ1v) is 4.10. The number of nitrogens with one attached hydrogen (secondary N) is 3. The van der Waals surface area contributed by atoms with Crippen LogP contribution >= 0.6 is 12.2 Å². The lowest BCUT2D eigenvalue weighted by molar-refractivity contribution is -0.389. The predicted octanol–water partition coefficient (Wildman–Crippen LogP) is -0.599. The third-order valence-electron chi connectivity index (χ3n) is 1.41. The molecule has 1 aromatic heterocycles. The number of amides is 1. The summed E-state index contributed by atoms with van der Waals surface area (Å²) in [6.45, 7) is 0. The lowest BCUT2D eigenvalue weighted by Crippen LogP contribution is -2.44. The Morgan fingerprint density at radius 3 is 2.67 bits per heavy atom. The Morgan fingerprint density at radius 2 is 2.20 bits per heavy atom. The number of aromatic amines is 1. The summed E-state index contributed by atoms with van der Waals surface area (Å²) in [6, 6.07) is 2.45. The highest BCUT2D eigenvalue weighted by Gasteiger charge is 2.14. The minimum atomic E-state index is -0.641. The predicted molar refractivity (Wildman–Crippen MR) is 54.8 cm³/mol. The van der Waals surface area contributed by atoms with Crippen molar-refractivity contribution in [3.8, 4) is 0 Å². The molecule has 9 heteroatoms. The van der Waals surface area contributed by atoms with Crippen molar-refractivity contribution in [2.24, 2.45) is 5.73 Å². The molecule has 0 unspecified atom stereocenters. The molecule has 1 aromatic rings. The number of thiocarbonyl (C=S) groups is 1. The Hall–Kier alpha value is -2.16. The smallest absolute Gasteiger partial charge is 0.321 e. The van der Waals surface area contributed by atoms with Crippen molar-refractivity contribution in [3.63, 3.8) is 0 Å². The van der Waals surface area contributed by atoms with Crippen LogP contribution in [0, 0.1) is 10.1 Å². The van der Waals surface area contributed by atoms with E-state index >= 15 is 0 Å². The van der Waals surface area contributed by atoms with Gasteiger partial charge in [0.1, 0.15) is 0 Å². The highest BCUT2D eigenvalue weighted by atomic mass is 32.1. The highest BCUT2D eigenvalue weighted by Crippen LogP contribution is 2.09. The lowest BCUT2D eigenvalue weighted by Gasteiger charge is -2.02. The molecule has 1 amide bonds. The van der Waals surface area contributed by atoms with E-state index in [1.165, 1.54) is 12.1 Å². The van der Waals surface area contributed by atoms with Crippen LogP contribution in [0.4, 0.5) is 5.82 Å². The normalized spacial score (nSPS) is 9.33. The van der Waals surface area contributed by atoms with Crippen LogP contribution in [0.25, 0.3) is 0 Å². The number of nitrogens with two attached hydrogens (primary N) is 1. The summed E-state index contributed by atoms with van der Waals surface area (Å²) >= 11 is 4.44. The second kappa shape index (κ2) is 4.37. The lowest BCUT2D eigenvalue weighted by atomic mass is 10.4. The fourth-order valence-corrected chi connectivity index (χ4v) is 0.859. The number of hydrogen-bond donors (Lipinski definition) is 4. The molecular formula is C6H7N5O3S. The van der Waals surface area contributed by atoms with Gasteiger partial charge in [-0.1, -0.05) is 0 Å². The molecule has 1 heterocycles. The highest BCUT2D eigenvalue weighted by molar-refractivity contribution is 7.80. The van der Waals surface area contributed by atoms with Crippen LogP contribution in [0.2, 0.25) is 0 Å². The summed E-state index contributed by atoms with van der Waals surface area (Å²) in [5.74, 6) is -0.869. The number of carbonyl (C=O) groups excluding carboxylic acids is 1. The first-order chi connectivity index (χ1) is 7.00. The van der Waals surface area contributed by atoms with Gasteiger partial charge in [0, 0.05) is 6.07 Å². The number of rotatable bonds is 2. The number of aromatic nitrogens is 1. The number of hydrazine groups is 1. The molecule has 0 spiro atoms. The Kier molecular flexibility index (Phi) is 3.18. The van der Waals surface area contributed by atoms with Gasteiger partial charge in [0.25, 0.3) is 0 Å². The second-order valence-electron chi connectivity index (χ2n) is 2.46. The van der Waals surface area contributed by atoms with Gasteiger partial charge in [-0.2, -0.15) is 0 Å². The van der Waals surface area contributed by atoms with E-state index in [0.29, 0.717) is 0 Å². The maximum atomic E-state index is 11.2. The quantitative estimate of drug-likeness (QED) is 0.305. The van der Waals surface area contributed by atoms with Gasteiger partial charge in [-0.3, -0.25) is 15.6 Å². The van der Waals surface area contributed by atoms with Crippen LogP contribution < -0.4 is 16.6 Å². The number of H-pyrrole nitrogens is 1. The zero-order valence-electron chi connectivity index (χ0n) is 7.31. The van der Waals surface area contributed by atoms with Gasteiger partial charge < -0.3 is 15.8 Å². The van der Waals surface area contributed by atoms with E-state index < -0.39 is 10.8 Å². The van der Waals surface area contributed by atoms with Crippen molar-refractivity contribution in [1.82, 2.24) is 15.8 Å². The summed E-state index contributed by atoms with van der Waals surface area (Å²) in [4.78, 5) is 23.2. The summed E-state index contributed by atoms with van der Waals surface area (Å²) in [6.07, 6.45) is 0. The third kappa shape index (κ3) is 2.91. The maximum Gasteiger partial charge on any atom is 0.321 e. The molecule has 0 saturated carbocycles. The SMILES string of the molecule is NC(=S)NNC(=O)c1ccc([N+](=O)[O-])[nH]1. The maximum absolute atomic E-state index is 11.2. The fourth-order valence-electron chi connectivity index (χ4n) is 0.808. The molecule has 15 heavy (non-hydrogen) atoms. The van der Waals surface area contributed by atoms with Gasteiger partial charge in [-0.05, 0) is 23.2 Å². The number of nitrogens with zero attached hydrogens (tertiary/aromatic N) is 1. The average Bonchev–Trinajstić information content (AvgIpc) is 2.62. The van der Waals surface area contributed by atoms with E-state index in [-0.39, 0.29) is 16.6 Å². The van der Waals surface area contributed by atoms with Crippen molar-refractivity contribution in [2.75, 3.05) is 0 Å². The van der Waals surface area contributed by atoms with Crippen molar-refractivity contribution in [1.29, 1.82) is 0 Å². The van der Waals surface area contributed by atoms with Crippen LogP contribution in [0.3, 0.4) is 0 Å². The molecular weight excluding hydrogens is 222 g/mol. The second-order valence-corrected chi connectivity index (χ2v) is 2.90. The molecule has 1 rings (SSSR count).